The van der Waals surface area contributed by atoms with Crippen LogP contribution < -0.4 is 14.2 Å². The van der Waals surface area contributed by atoms with Crippen LogP contribution in [0.3, 0.4) is 0 Å². The molecule has 4 rings (SSSR count). The van der Waals surface area contributed by atoms with Crippen molar-refractivity contribution in [3.8, 4) is 0 Å². The molecule has 0 saturated heterocycles. The maximum atomic E-state index is 12.4. The van der Waals surface area contributed by atoms with Gasteiger partial charge in [-0.1, -0.05) is 0 Å². The fraction of sp³-hybridized carbons (Fsp3) is 0.250. The van der Waals surface area contributed by atoms with Crippen LogP contribution in [-0.4, -0.2) is 29.8 Å². The third kappa shape index (κ3) is 1.20. The van der Waals surface area contributed by atoms with Crippen LogP contribution in [0.4, 0.5) is 0 Å². The van der Waals surface area contributed by atoms with Crippen molar-refractivity contribution in [2.75, 3.05) is 0 Å². The first kappa shape index (κ1) is 14.0. The van der Waals surface area contributed by atoms with E-state index in [1.807, 2.05) is 0 Å². The van der Waals surface area contributed by atoms with Crippen molar-refractivity contribution >= 4 is 33.1 Å². The molecule has 0 fully saturated rings. The molecule has 3 aromatic heterocycles. The molecule has 3 heterocycles. The average molecular weight is 336 g/mol. The normalized spacial score (nSPS) is 12.1. The van der Waals surface area contributed by atoms with Crippen LogP contribution in [0, 0.1) is 36.4 Å². The first-order chi connectivity index (χ1) is 11.2. The summed E-state index contributed by atoms with van der Waals surface area (Å²) in [6.07, 6.45) is 0. The summed E-state index contributed by atoms with van der Waals surface area (Å²) in [7, 11) is 0. The van der Waals surface area contributed by atoms with Crippen LogP contribution in [0.25, 0.3) is 33.1 Å². The Labute approximate surface area is 132 Å². The van der Waals surface area contributed by atoms with Crippen molar-refractivity contribution in [1.29, 1.82) is 0 Å². The van der Waals surface area contributed by atoms with E-state index in [-0.39, 0.29) is 55.3 Å². The number of aromatic nitrogens is 6. The van der Waals surface area contributed by atoms with Crippen LogP contribution in [0.15, 0.2) is 0 Å². The van der Waals surface area contributed by atoms with Gasteiger partial charge in [0.25, 0.3) is 34.0 Å². The number of rotatable bonds is 0. The van der Waals surface area contributed by atoms with Crippen LogP contribution >= 0.6 is 0 Å². The third-order valence-electron chi connectivity index (χ3n) is 4.39. The van der Waals surface area contributed by atoms with Crippen molar-refractivity contribution in [3.05, 3.63) is 33.1 Å². The predicted octanol–water partition coefficient (Wildman–Crippen LogP) is -0.912. The lowest BCUT2D eigenvalue weighted by molar-refractivity contribution is -0.606. The van der Waals surface area contributed by atoms with E-state index in [1.54, 1.807) is 0 Å². The number of hydrogen-bond acceptors (Lipinski definition) is 6. The molecule has 0 saturated carbocycles. The van der Waals surface area contributed by atoms with Gasteiger partial charge in [-0.15, -0.1) is 0 Å². The summed E-state index contributed by atoms with van der Waals surface area (Å²) in [6, 6.07) is 0. The molecule has 126 valence electrons. The molecule has 0 spiro atoms. The topological polar surface area (TPSA) is 156 Å². The summed E-state index contributed by atoms with van der Waals surface area (Å²) in [5, 5.41) is 67.8. The van der Waals surface area contributed by atoms with E-state index in [2.05, 4.69) is 0 Å². The maximum Gasteiger partial charge on any atom is 0.297 e. The highest BCUT2D eigenvalue weighted by molar-refractivity contribution is 6.15. The van der Waals surface area contributed by atoms with Crippen molar-refractivity contribution in [1.82, 2.24) is 14.2 Å². The molecule has 0 amide bonds. The molecular formula is C12H12N6O6. The summed E-state index contributed by atoms with van der Waals surface area (Å²) >= 11 is 0. The smallest absolute Gasteiger partial charge is 0.297 e. The Bertz CT molecular complexity index is 934. The molecule has 3 N–H and O–H groups in total. The molecule has 12 nitrogen and oxygen atoms in total. The minimum Gasteiger partial charge on any atom is -0.710 e. The van der Waals surface area contributed by atoms with Gasteiger partial charge in [0, 0.05) is 20.8 Å². The molecule has 0 atom stereocenters. The number of hydrogen-bond donors (Lipinski definition) is 3. The van der Waals surface area contributed by atoms with Gasteiger partial charge in [-0.05, 0) is 14.2 Å². The molecule has 0 unspecified atom stereocenters. The summed E-state index contributed by atoms with van der Waals surface area (Å²) in [4.78, 5) is 0. The van der Waals surface area contributed by atoms with Gasteiger partial charge < -0.3 is 31.2 Å². The summed E-state index contributed by atoms with van der Waals surface area (Å²) in [5.74, 6) is -0.546. The van der Waals surface area contributed by atoms with Gasteiger partial charge in [0.05, 0.1) is 0 Å². The van der Waals surface area contributed by atoms with E-state index < -0.39 is 0 Å². The zero-order valence-corrected chi connectivity index (χ0v) is 12.7. The highest BCUT2D eigenvalue weighted by Gasteiger charge is 2.40. The van der Waals surface area contributed by atoms with Crippen LogP contribution in [0.5, 0.6) is 0 Å². The first-order valence-corrected chi connectivity index (χ1v) is 6.83. The minimum absolute atomic E-state index is 0.175. The van der Waals surface area contributed by atoms with Crippen LogP contribution in [0.2, 0.25) is 0 Å². The fourth-order valence-corrected chi connectivity index (χ4v) is 3.08. The lowest BCUT2D eigenvalue weighted by Crippen LogP contribution is -2.34. The monoisotopic (exact) mass is 336 g/mol. The molecule has 0 aliphatic heterocycles. The van der Waals surface area contributed by atoms with Crippen molar-refractivity contribution in [2.45, 2.75) is 20.8 Å². The quantitative estimate of drug-likeness (QED) is 0.214. The average Bonchev–Trinajstić information content (AvgIpc) is 3.02. The molecule has 24 heavy (non-hydrogen) atoms. The third-order valence-corrected chi connectivity index (χ3v) is 4.39. The van der Waals surface area contributed by atoms with Gasteiger partial charge in [0.15, 0.2) is 0 Å². The molecule has 4 aromatic rings. The number of fused-ring (bicyclic) bond motifs is 6. The van der Waals surface area contributed by atoms with E-state index in [9.17, 15) is 31.2 Å². The van der Waals surface area contributed by atoms with E-state index in [0.29, 0.717) is 23.7 Å². The molecular weight excluding hydrogens is 324 g/mol. The summed E-state index contributed by atoms with van der Waals surface area (Å²) in [6.45, 7) is 3.89. The Kier molecular flexibility index (Phi) is 2.25. The number of nitrogens with zero attached hydrogens (tertiary/aromatic N) is 6. The van der Waals surface area contributed by atoms with Crippen molar-refractivity contribution in [2.24, 2.45) is 0 Å². The van der Waals surface area contributed by atoms with Crippen LogP contribution in [-0.2, 0) is 0 Å². The highest BCUT2D eigenvalue weighted by atomic mass is 16.5. The van der Waals surface area contributed by atoms with Gasteiger partial charge in [-0.2, -0.15) is 0 Å². The zero-order valence-electron chi connectivity index (χ0n) is 12.7. The van der Waals surface area contributed by atoms with Gasteiger partial charge in [0.2, 0.25) is 16.6 Å². The second-order valence-electron chi connectivity index (χ2n) is 5.55. The Morgan fingerprint density at radius 3 is 1.33 bits per heavy atom. The van der Waals surface area contributed by atoms with E-state index in [4.69, 9.17) is 0 Å². The summed E-state index contributed by atoms with van der Waals surface area (Å²) in [5.41, 5.74) is -1.51. The zero-order chi connectivity index (χ0) is 17.7. The number of benzene rings is 1. The Hall–Kier alpha value is -3.57. The van der Waals surface area contributed by atoms with E-state index >= 15 is 0 Å². The summed E-state index contributed by atoms with van der Waals surface area (Å²) < 4.78 is 2.34. The van der Waals surface area contributed by atoms with Crippen LogP contribution in [0.1, 0.15) is 17.5 Å². The molecule has 0 aliphatic rings. The lowest BCUT2D eigenvalue weighted by atomic mass is 10.2. The maximum absolute atomic E-state index is 12.4. The molecule has 1 aromatic carbocycles. The largest absolute Gasteiger partial charge is 0.710 e. The second-order valence-corrected chi connectivity index (χ2v) is 5.55. The second kappa shape index (κ2) is 3.84. The Morgan fingerprint density at radius 1 is 0.583 bits per heavy atom. The standard InChI is InChI=1S/C12H12N6O6/c1-4-13(19)7-8(14(4)20)10-12(18(24)6(3)16(10)22)11-9(7)15(21)5(2)17(11)23/h19,21-22H,1-3H3. The Balaban J connectivity index is 2.59. The van der Waals surface area contributed by atoms with Gasteiger partial charge in [-0.3, -0.25) is 0 Å². The fourth-order valence-electron chi connectivity index (χ4n) is 3.08. The van der Waals surface area contributed by atoms with Gasteiger partial charge >= 0.3 is 0 Å². The molecule has 12 heteroatoms. The first-order valence-electron chi connectivity index (χ1n) is 6.83. The van der Waals surface area contributed by atoms with Gasteiger partial charge in [0.1, 0.15) is 0 Å². The van der Waals surface area contributed by atoms with Crippen molar-refractivity contribution in [3.63, 3.8) is 0 Å². The number of imidazole rings is 3. The van der Waals surface area contributed by atoms with Crippen molar-refractivity contribution < 1.29 is 29.8 Å². The predicted molar refractivity (Wildman–Crippen MR) is 75.6 cm³/mol. The molecule has 0 radical (unpaired) electrons. The SMILES string of the molecule is Cc1n(O)c2c3c(c4c(c2[n+]1[O-])n(O)c(C)[n+]4[O-])[n+]([O-])c(C)n3O. The highest BCUT2D eigenvalue weighted by Crippen LogP contribution is 2.32. The van der Waals surface area contributed by atoms with E-state index in [1.165, 1.54) is 20.8 Å². The minimum atomic E-state index is -0.293. The molecule has 0 bridgehead atoms. The Morgan fingerprint density at radius 2 is 0.875 bits per heavy atom. The lowest BCUT2D eigenvalue weighted by Gasteiger charge is -2.02. The van der Waals surface area contributed by atoms with E-state index in [0.717, 1.165) is 0 Å². The van der Waals surface area contributed by atoms with Gasteiger partial charge in [-0.25, -0.2) is 14.2 Å². The molecule has 0 aliphatic carbocycles.